The van der Waals surface area contributed by atoms with Gasteiger partial charge in [0.25, 0.3) is 5.91 Å². The Bertz CT molecular complexity index is 1110. The largest absolute Gasteiger partial charge is 0.497 e. The third-order valence-electron chi connectivity index (χ3n) is 5.07. The molecule has 0 spiro atoms. The van der Waals surface area contributed by atoms with Crippen molar-refractivity contribution in [2.45, 2.75) is 24.7 Å². The molecule has 2 aromatic heterocycles. The first kappa shape index (κ1) is 21.3. The van der Waals surface area contributed by atoms with Gasteiger partial charge in [0.15, 0.2) is 6.04 Å². The molecule has 166 valence electrons. The Labute approximate surface area is 181 Å². The third-order valence-corrected chi connectivity index (χ3v) is 5.07. The number of halogens is 3. The zero-order valence-electron chi connectivity index (χ0n) is 16.9. The van der Waals surface area contributed by atoms with Gasteiger partial charge in [-0.25, -0.2) is 10.1 Å². The van der Waals surface area contributed by atoms with Crippen molar-refractivity contribution >= 4 is 17.9 Å². The van der Waals surface area contributed by atoms with Crippen LogP contribution in [0.25, 0.3) is 0 Å². The van der Waals surface area contributed by atoms with Crippen molar-refractivity contribution in [3.05, 3.63) is 71.7 Å². The highest BCUT2D eigenvalue weighted by molar-refractivity contribution is 5.99. The minimum atomic E-state index is -4.54. The lowest BCUT2D eigenvalue weighted by Gasteiger charge is -2.34. The normalized spacial score (nSPS) is 18.1. The molecule has 11 heteroatoms. The highest BCUT2D eigenvalue weighted by Gasteiger charge is 2.47. The number of anilines is 1. The summed E-state index contributed by atoms with van der Waals surface area (Å²) < 4.78 is 47.3. The van der Waals surface area contributed by atoms with Gasteiger partial charge in [-0.2, -0.15) is 23.4 Å². The summed E-state index contributed by atoms with van der Waals surface area (Å²) in [6.45, 7) is 0. The van der Waals surface area contributed by atoms with Crippen molar-refractivity contribution < 1.29 is 22.7 Å². The summed E-state index contributed by atoms with van der Waals surface area (Å²) in [6.07, 6.45) is 0.813. The van der Waals surface area contributed by atoms with Crippen molar-refractivity contribution in [1.29, 1.82) is 0 Å². The summed E-state index contributed by atoms with van der Waals surface area (Å²) in [6, 6.07) is 7.60. The molecule has 0 saturated carbocycles. The predicted molar refractivity (Wildman–Crippen MR) is 111 cm³/mol. The van der Waals surface area contributed by atoms with Gasteiger partial charge in [0.1, 0.15) is 17.1 Å². The number of carbonyl (C=O) groups is 1. The second-order valence-corrected chi connectivity index (χ2v) is 7.10. The number of nitrogens with zero attached hydrogens (tertiary/aromatic N) is 4. The van der Waals surface area contributed by atoms with Crippen LogP contribution in [-0.2, 0) is 0 Å². The molecule has 4 rings (SSSR count). The highest BCUT2D eigenvalue weighted by Crippen LogP contribution is 2.44. The van der Waals surface area contributed by atoms with Gasteiger partial charge in [0.05, 0.1) is 25.6 Å². The fraction of sp³-hybridized carbons (Fsp3) is 0.238. The van der Waals surface area contributed by atoms with E-state index in [1.165, 1.54) is 13.3 Å². The second-order valence-electron chi connectivity index (χ2n) is 7.10. The first-order valence-electron chi connectivity index (χ1n) is 9.65. The number of methoxy groups -OCH3 is 1. The number of hydrogen-bond donors (Lipinski definition) is 2. The number of hydrazone groups is 1. The van der Waals surface area contributed by atoms with E-state index in [0.717, 1.165) is 10.9 Å². The van der Waals surface area contributed by atoms with Gasteiger partial charge in [0, 0.05) is 24.4 Å². The SMILES string of the molecule is COc1ccc([C@H]2C[C@@H](C(F)(F)F)n3ncc(C(=O)N/N=C\c4cccnc4)c3N2)cc1. The molecule has 0 aliphatic carbocycles. The predicted octanol–water partition coefficient (Wildman–Crippen LogP) is 3.71. The Morgan fingerprint density at radius 3 is 2.72 bits per heavy atom. The molecule has 0 unspecified atom stereocenters. The molecule has 1 aliphatic rings. The number of fused-ring (bicyclic) bond motifs is 1. The number of ether oxygens (including phenoxy) is 1. The quantitative estimate of drug-likeness (QED) is 0.462. The Kier molecular flexibility index (Phi) is 5.80. The van der Waals surface area contributed by atoms with Crippen molar-refractivity contribution in [2.75, 3.05) is 12.4 Å². The Morgan fingerprint density at radius 1 is 1.28 bits per heavy atom. The van der Waals surface area contributed by atoms with Crippen LogP contribution < -0.4 is 15.5 Å². The van der Waals surface area contributed by atoms with Crippen molar-refractivity contribution in [3.63, 3.8) is 0 Å². The molecule has 3 heterocycles. The number of benzene rings is 1. The van der Waals surface area contributed by atoms with Gasteiger partial charge in [-0.05, 0) is 23.8 Å². The van der Waals surface area contributed by atoms with Crippen LogP contribution in [-0.4, -0.2) is 40.2 Å². The number of pyridine rings is 1. The summed E-state index contributed by atoms with van der Waals surface area (Å²) in [4.78, 5) is 16.5. The maximum absolute atomic E-state index is 13.8. The van der Waals surface area contributed by atoms with Gasteiger partial charge < -0.3 is 10.1 Å². The highest BCUT2D eigenvalue weighted by atomic mass is 19.4. The fourth-order valence-corrected chi connectivity index (χ4v) is 3.46. The molecule has 32 heavy (non-hydrogen) atoms. The van der Waals surface area contributed by atoms with Crippen LogP contribution in [0.3, 0.4) is 0 Å². The van der Waals surface area contributed by atoms with Gasteiger partial charge in [-0.15, -0.1) is 0 Å². The number of nitrogens with one attached hydrogen (secondary N) is 2. The number of alkyl halides is 3. The van der Waals surface area contributed by atoms with E-state index >= 15 is 0 Å². The van der Waals surface area contributed by atoms with Crippen LogP contribution in [0.1, 0.15) is 40.0 Å². The molecule has 1 aromatic carbocycles. The van der Waals surface area contributed by atoms with E-state index in [1.54, 1.807) is 48.8 Å². The van der Waals surface area contributed by atoms with Crippen molar-refractivity contribution in [1.82, 2.24) is 20.2 Å². The molecule has 3 aromatic rings. The Hall–Kier alpha value is -3.89. The first-order chi connectivity index (χ1) is 15.4. The summed E-state index contributed by atoms with van der Waals surface area (Å²) in [5.41, 5.74) is 3.56. The van der Waals surface area contributed by atoms with Crippen LogP contribution in [0, 0.1) is 0 Å². The van der Waals surface area contributed by atoms with Crippen LogP contribution in [0.5, 0.6) is 5.75 Å². The number of carbonyl (C=O) groups excluding carboxylic acids is 1. The summed E-state index contributed by atoms with van der Waals surface area (Å²) in [5.74, 6) is -0.114. The standard InChI is InChI=1S/C21H19F3N6O2/c1-32-15-6-4-14(5-7-15)17-9-18(21(22,23)24)30-19(28-17)16(12-27-30)20(31)29-26-11-13-3-2-8-25-10-13/h2-8,10-12,17-18,28H,9H2,1H3,(H,29,31)/b26-11-/t17-,18+/m1/s1. The number of rotatable bonds is 5. The zero-order valence-corrected chi connectivity index (χ0v) is 16.9. The molecular weight excluding hydrogens is 425 g/mol. The van der Waals surface area contributed by atoms with Crippen molar-refractivity contribution in [2.24, 2.45) is 5.10 Å². The number of amides is 1. The average Bonchev–Trinajstić information content (AvgIpc) is 3.22. The van der Waals surface area contributed by atoms with Crippen LogP contribution in [0.2, 0.25) is 0 Å². The van der Waals surface area contributed by atoms with Crippen molar-refractivity contribution in [3.8, 4) is 5.75 Å². The first-order valence-corrected chi connectivity index (χ1v) is 9.65. The average molecular weight is 444 g/mol. The lowest BCUT2D eigenvalue weighted by Crippen LogP contribution is -2.36. The summed E-state index contributed by atoms with van der Waals surface area (Å²) in [7, 11) is 1.51. The number of aromatic nitrogens is 3. The fourth-order valence-electron chi connectivity index (χ4n) is 3.46. The summed E-state index contributed by atoms with van der Waals surface area (Å²) >= 11 is 0. The van der Waals surface area contributed by atoms with Gasteiger partial charge in [-0.1, -0.05) is 18.2 Å². The van der Waals surface area contributed by atoms with E-state index in [2.05, 4.69) is 25.9 Å². The molecule has 0 bridgehead atoms. The Morgan fingerprint density at radius 2 is 2.06 bits per heavy atom. The molecule has 0 radical (unpaired) electrons. The van der Waals surface area contributed by atoms with Gasteiger partial charge in [-0.3, -0.25) is 9.78 Å². The van der Waals surface area contributed by atoms with E-state index in [4.69, 9.17) is 4.74 Å². The van der Waals surface area contributed by atoms with E-state index in [-0.39, 0.29) is 17.8 Å². The van der Waals surface area contributed by atoms with Crippen LogP contribution >= 0.6 is 0 Å². The van der Waals surface area contributed by atoms with E-state index in [9.17, 15) is 18.0 Å². The lowest BCUT2D eigenvalue weighted by molar-refractivity contribution is -0.173. The lowest BCUT2D eigenvalue weighted by atomic mass is 9.96. The third kappa shape index (κ3) is 4.41. The molecule has 1 amide bonds. The molecule has 0 fully saturated rings. The smallest absolute Gasteiger partial charge is 0.410 e. The van der Waals surface area contributed by atoms with E-state index in [1.807, 2.05) is 0 Å². The minimum absolute atomic E-state index is 0.0199. The van der Waals surface area contributed by atoms with E-state index in [0.29, 0.717) is 16.9 Å². The second kappa shape index (κ2) is 8.69. The number of hydrogen-bond acceptors (Lipinski definition) is 6. The molecule has 2 N–H and O–H groups in total. The molecule has 1 aliphatic heterocycles. The summed E-state index contributed by atoms with van der Waals surface area (Å²) in [5, 5.41) is 10.7. The Balaban J connectivity index is 1.60. The van der Waals surface area contributed by atoms with Crippen LogP contribution in [0.15, 0.2) is 60.1 Å². The minimum Gasteiger partial charge on any atom is -0.497 e. The molecular formula is C21H19F3N6O2. The molecule has 2 atom stereocenters. The van der Waals surface area contributed by atoms with Gasteiger partial charge in [0.2, 0.25) is 0 Å². The maximum atomic E-state index is 13.8. The van der Waals surface area contributed by atoms with E-state index < -0.39 is 24.2 Å². The zero-order chi connectivity index (χ0) is 22.7. The molecule has 0 saturated heterocycles. The topological polar surface area (TPSA) is 93.4 Å². The monoisotopic (exact) mass is 444 g/mol. The van der Waals surface area contributed by atoms with Gasteiger partial charge >= 0.3 is 6.18 Å². The van der Waals surface area contributed by atoms with Crippen LogP contribution in [0.4, 0.5) is 19.0 Å². The molecule has 8 nitrogen and oxygen atoms in total. The maximum Gasteiger partial charge on any atom is 0.410 e.